The number of hydrogen-bond donors (Lipinski definition) is 0. The molecular weight excluding hydrogens is 294 g/mol. The molecule has 6 heteroatoms. The molecule has 2 saturated heterocycles. The molecule has 0 bridgehead atoms. The van der Waals surface area contributed by atoms with Gasteiger partial charge in [0.05, 0.1) is 37.0 Å². The summed E-state index contributed by atoms with van der Waals surface area (Å²) in [5.41, 5.74) is 3.44. The van der Waals surface area contributed by atoms with Crippen LogP contribution in [0.4, 0.5) is 0 Å². The Hall–Kier alpha value is -1.63. The van der Waals surface area contributed by atoms with Crippen molar-refractivity contribution >= 4 is 0 Å². The van der Waals surface area contributed by atoms with Gasteiger partial charge in [-0.2, -0.15) is 0 Å². The molecule has 0 unspecified atom stereocenters. The van der Waals surface area contributed by atoms with E-state index in [9.17, 15) is 0 Å². The van der Waals surface area contributed by atoms with Crippen LogP contribution in [-0.2, 0) is 17.8 Å². The third-order valence-electron chi connectivity index (χ3n) is 5.02. The van der Waals surface area contributed by atoms with Crippen LogP contribution in [0.3, 0.4) is 0 Å². The molecule has 0 saturated carbocycles. The number of fused-ring (bicyclic) bond motifs is 1. The Balaban J connectivity index is 1.45. The second-order valence-corrected chi connectivity index (χ2v) is 6.58. The molecule has 2 aliphatic heterocycles. The van der Waals surface area contributed by atoms with Crippen molar-refractivity contribution in [3.05, 3.63) is 41.2 Å². The number of likely N-dealkylation sites (tertiary alicyclic amines) is 1. The lowest BCUT2D eigenvalue weighted by Crippen LogP contribution is -2.50. The van der Waals surface area contributed by atoms with Crippen LogP contribution in [-0.4, -0.2) is 53.3 Å². The molecule has 2 atom stereocenters. The van der Waals surface area contributed by atoms with Crippen LogP contribution >= 0.6 is 0 Å². The van der Waals surface area contributed by atoms with Crippen LogP contribution in [0.2, 0.25) is 0 Å². The Bertz CT molecular complexity index is 633. The highest BCUT2D eigenvalue weighted by atomic mass is 16.5. The number of morpholine rings is 1. The van der Waals surface area contributed by atoms with Crippen molar-refractivity contribution in [1.82, 2.24) is 15.0 Å². The maximum Gasteiger partial charge on any atom is 0.138 e. The quantitative estimate of drug-likeness (QED) is 0.859. The average Bonchev–Trinajstić information content (AvgIpc) is 3.25. The number of aryl methyl sites for hydroxylation is 2. The zero-order chi connectivity index (χ0) is 15.8. The van der Waals surface area contributed by atoms with E-state index in [1.54, 1.807) is 6.26 Å². The first-order chi connectivity index (χ1) is 11.2. The highest BCUT2D eigenvalue weighted by Gasteiger charge is 2.40. The molecule has 2 fully saturated rings. The van der Waals surface area contributed by atoms with E-state index in [2.05, 4.69) is 15.0 Å². The van der Waals surface area contributed by atoms with Gasteiger partial charge in [-0.05, 0) is 19.9 Å². The summed E-state index contributed by atoms with van der Waals surface area (Å²) in [5, 5.41) is 4.08. The van der Waals surface area contributed by atoms with E-state index in [-0.39, 0.29) is 6.10 Å². The molecule has 2 aliphatic rings. The van der Waals surface area contributed by atoms with E-state index in [4.69, 9.17) is 13.7 Å². The summed E-state index contributed by atoms with van der Waals surface area (Å²) in [4.78, 5) is 4.97. The first-order valence-corrected chi connectivity index (χ1v) is 8.21. The van der Waals surface area contributed by atoms with Crippen molar-refractivity contribution in [2.75, 3.05) is 26.2 Å². The third-order valence-corrected chi connectivity index (χ3v) is 5.02. The van der Waals surface area contributed by atoms with E-state index in [0.717, 1.165) is 50.8 Å². The van der Waals surface area contributed by atoms with Crippen molar-refractivity contribution in [3.63, 3.8) is 0 Å². The standard InChI is InChI=1S/C17H23N3O3/c1-12-15(13(2)23-18-12)8-20-4-6-22-17-10-19(9-16(17)20)7-14-3-5-21-11-14/h3,5,11,16-17H,4,6-10H2,1-2H3/t16-,17+/m1/s1. The van der Waals surface area contributed by atoms with Gasteiger partial charge in [-0.25, -0.2) is 0 Å². The van der Waals surface area contributed by atoms with Crippen LogP contribution < -0.4 is 0 Å². The van der Waals surface area contributed by atoms with Crippen molar-refractivity contribution in [3.8, 4) is 0 Å². The lowest BCUT2D eigenvalue weighted by Gasteiger charge is -2.36. The number of aromatic nitrogens is 1. The Kier molecular flexibility index (Phi) is 3.97. The van der Waals surface area contributed by atoms with E-state index in [0.29, 0.717) is 6.04 Å². The van der Waals surface area contributed by atoms with Crippen LogP contribution in [0.15, 0.2) is 27.5 Å². The fraction of sp³-hybridized carbons (Fsp3) is 0.588. The van der Waals surface area contributed by atoms with Gasteiger partial charge in [0, 0.05) is 43.9 Å². The minimum Gasteiger partial charge on any atom is -0.472 e. The highest BCUT2D eigenvalue weighted by molar-refractivity contribution is 5.21. The molecule has 4 rings (SSSR count). The monoisotopic (exact) mass is 317 g/mol. The summed E-state index contributed by atoms with van der Waals surface area (Å²) in [6, 6.07) is 2.47. The number of nitrogens with zero attached hydrogens (tertiary/aromatic N) is 3. The van der Waals surface area contributed by atoms with Crippen LogP contribution in [0, 0.1) is 13.8 Å². The van der Waals surface area contributed by atoms with Crippen molar-refractivity contribution in [1.29, 1.82) is 0 Å². The topological polar surface area (TPSA) is 54.9 Å². The minimum atomic E-state index is 0.288. The average molecular weight is 317 g/mol. The van der Waals surface area contributed by atoms with Gasteiger partial charge in [-0.3, -0.25) is 9.80 Å². The molecular formula is C17H23N3O3. The van der Waals surface area contributed by atoms with Gasteiger partial charge in [0.2, 0.25) is 0 Å². The van der Waals surface area contributed by atoms with Gasteiger partial charge in [-0.15, -0.1) is 0 Å². The summed E-state index contributed by atoms with van der Waals surface area (Å²) in [7, 11) is 0. The molecule has 6 nitrogen and oxygen atoms in total. The molecule has 4 heterocycles. The molecule has 0 amide bonds. The molecule has 0 aromatic carbocycles. The number of hydrogen-bond acceptors (Lipinski definition) is 6. The van der Waals surface area contributed by atoms with Crippen molar-refractivity contribution in [2.45, 2.75) is 39.1 Å². The van der Waals surface area contributed by atoms with Gasteiger partial charge in [0.25, 0.3) is 0 Å². The van der Waals surface area contributed by atoms with Gasteiger partial charge < -0.3 is 13.7 Å². The molecule has 0 N–H and O–H groups in total. The summed E-state index contributed by atoms with van der Waals surface area (Å²) < 4.78 is 16.5. The fourth-order valence-electron chi connectivity index (χ4n) is 3.73. The summed E-state index contributed by atoms with van der Waals surface area (Å²) in [5.74, 6) is 0.929. The lowest BCUT2D eigenvalue weighted by molar-refractivity contribution is -0.0506. The number of furan rings is 1. The largest absolute Gasteiger partial charge is 0.472 e. The van der Waals surface area contributed by atoms with Gasteiger partial charge in [-0.1, -0.05) is 5.16 Å². The zero-order valence-corrected chi connectivity index (χ0v) is 13.7. The zero-order valence-electron chi connectivity index (χ0n) is 13.7. The van der Waals surface area contributed by atoms with Crippen LogP contribution in [0.25, 0.3) is 0 Å². The van der Waals surface area contributed by atoms with Crippen molar-refractivity contribution < 1.29 is 13.7 Å². The predicted molar refractivity (Wildman–Crippen MR) is 83.9 cm³/mol. The summed E-state index contributed by atoms with van der Waals surface area (Å²) in [6.45, 7) is 9.59. The maximum atomic E-state index is 6.02. The van der Waals surface area contributed by atoms with Gasteiger partial charge in [0.1, 0.15) is 5.76 Å². The second-order valence-electron chi connectivity index (χ2n) is 6.58. The minimum absolute atomic E-state index is 0.288. The highest BCUT2D eigenvalue weighted by Crippen LogP contribution is 2.27. The molecule has 124 valence electrons. The normalized spacial score (nSPS) is 25.8. The van der Waals surface area contributed by atoms with E-state index in [1.165, 1.54) is 11.1 Å². The smallest absolute Gasteiger partial charge is 0.138 e. The maximum absolute atomic E-state index is 6.02. The Morgan fingerprint density at radius 1 is 1.26 bits per heavy atom. The number of ether oxygens (including phenoxy) is 1. The first kappa shape index (κ1) is 14.9. The Morgan fingerprint density at radius 3 is 2.91 bits per heavy atom. The Labute approximate surface area is 136 Å². The SMILES string of the molecule is Cc1noc(C)c1CN1CCO[C@H]2CN(Cc3ccoc3)C[C@H]21. The number of rotatable bonds is 4. The Morgan fingerprint density at radius 2 is 2.17 bits per heavy atom. The molecule has 23 heavy (non-hydrogen) atoms. The lowest BCUT2D eigenvalue weighted by atomic mass is 10.1. The molecule has 2 aromatic heterocycles. The summed E-state index contributed by atoms with van der Waals surface area (Å²) >= 11 is 0. The van der Waals surface area contributed by atoms with Gasteiger partial charge in [0.15, 0.2) is 0 Å². The van der Waals surface area contributed by atoms with Crippen LogP contribution in [0.5, 0.6) is 0 Å². The van der Waals surface area contributed by atoms with Crippen molar-refractivity contribution in [2.24, 2.45) is 0 Å². The van der Waals surface area contributed by atoms with Crippen LogP contribution in [0.1, 0.15) is 22.6 Å². The third kappa shape index (κ3) is 2.94. The summed E-state index contributed by atoms with van der Waals surface area (Å²) in [6.07, 6.45) is 3.85. The molecule has 2 aromatic rings. The van der Waals surface area contributed by atoms with E-state index >= 15 is 0 Å². The second kappa shape index (κ2) is 6.11. The molecule has 0 spiro atoms. The molecule has 0 aliphatic carbocycles. The van der Waals surface area contributed by atoms with Gasteiger partial charge >= 0.3 is 0 Å². The molecule has 0 radical (unpaired) electrons. The van der Waals surface area contributed by atoms with E-state index in [1.807, 2.05) is 26.2 Å². The fourth-order valence-corrected chi connectivity index (χ4v) is 3.73. The predicted octanol–water partition coefficient (Wildman–Crippen LogP) is 1.97. The first-order valence-electron chi connectivity index (χ1n) is 8.21. The van der Waals surface area contributed by atoms with E-state index < -0.39 is 0 Å².